The van der Waals surface area contributed by atoms with Crippen LogP contribution >= 0.6 is 15.9 Å². The lowest BCUT2D eigenvalue weighted by Gasteiger charge is -2.37. The molecular formula is C11H22BrNO. The lowest BCUT2D eigenvalue weighted by Crippen LogP contribution is -2.42. The van der Waals surface area contributed by atoms with E-state index < -0.39 is 0 Å². The van der Waals surface area contributed by atoms with Crippen LogP contribution < -0.4 is 0 Å². The van der Waals surface area contributed by atoms with Gasteiger partial charge < -0.3 is 4.74 Å². The van der Waals surface area contributed by atoms with Gasteiger partial charge in [-0.15, -0.1) is 0 Å². The number of ether oxygens (including phenoxy) is 1. The molecule has 14 heavy (non-hydrogen) atoms. The van der Waals surface area contributed by atoms with Gasteiger partial charge in [-0.3, -0.25) is 4.90 Å². The predicted molar refractivity (Wildman–Crippen MR) is 64.1 cm³/mol. The monoisotopic (exact) mass is 263 g/mol. The molecule has 0 heterocycles. The van der Waals surface area contributed by atoms with Gasteiger partial charge in [0.05, 0.1) is 6.61 Å². The van der Waals surface area contributed by atoms with Crippen LogP contribution in [-0.2, 0) is 4.74 Å². The fourth-order valence-corrected chi connectivity index (χ4v) is 2.07. The van der Waals surface area contributed by atoms with Crippen LogP contribution in [0.4, 0.5) is 0 Å². The topological polar surface area (TPSA) is 12.5 Å². The third-order valence-electron chi connectivity index (χ3n) is 2.90. The Morgan fingerprint density at radius 2 is 2.14 bits per heavy atom. The molecule has 0 amide bonds. The lowest BCUT2D eigenvalue weighted by atomic mass is 9.91. The molecule has 0 saturated heterocycles. The van der Waals surface area contributed by atoms with Gasteiger partial charge in [0.1, 0.15) is 0 Å². The third kappa shape index (κ3) is 4.28. The number of rotatable bonds is 8. The molecule has 0 N–H and O–H groups in total. The zero-order valence-electron chi connectivity index (χ0n) is 9.17. The van der Waals surface area contributed by atoms with E-state index in [1.165, 1.54) is 32.2 Å². The fourth-order valence-electron chi connectivity index (χ4n) is 1.82. The zero-order chi connectivity index (χ0) is 10.2. The normalized spacial score (nSPS) is 17.4. The molecule has 0 aromatic carbocycles. The summed E-state index contributed by atoms with van der Waals surface area (Å²) < 4.78 is 5.41. The average Bonchev–Trinajstić information content (AvgIpc) is 2.11. The number of hydrogen-bond donors (Lipinski definition) is 0. The molecule has 0 aromatic heterocycles. The van der Waals surface area contributed by atoms with Crippen LogP contribution in [-0.4, -0.2) is 42.6 Å². The van der Waals surface area contributed by atoms with Gasteiger partial charge in [0.25, 0.3) is 0 Å². The van der Waals surface area contributed by atoms with E-state index >= 15 is 0 Å². The van der Waals surface area contributed by atoms with Crippen LogP contribution in [0.5, 0.6) is 0 Å². The number of nitrogens with zero attached hydrogens (tertiary/aromatic N) is 1. The maximum absolute atomic E-state index is 5.41. The molecule has 0 unspecified atom stereocenters. The van der Waals surface area contributed by atoms with E-state index in [0.29, 0.717) is 0 Å². The van der Waals surface area contributed by atoms with E-state index in [1.54, 1.807) is 0 Å². The van der Waals surface area contributed by atoms with Crippen molar-refractivity contribution in [1.29, 1.82) is 0 Å². The van der Waals surface area contributed by atoms with E-state index in [4.69, 9.17) is 4.74 Å². The molecule has 2 nitrogen and oxygen atoms in total. The zero-order valence-corrected chi connectivity index (χ0v) is 10.8. The lowest BCUT2D eigenvalue weighted by molar-refractivity contribution is 0.0694. The van der Waals surface area contributed by atoms with Crippen molar-refractivity contribution in [3.05, 3.63) is 0 Å². The van der Waals surface area contributed by atoms with Crippen molar-refractivity contribution in [2.24, 2.45) is 0 Å². The van der Waals surface area contributed by atoms with E-state index in [-0.39, 0.29) is 0 Å². The quantitative estimate of drug-likeness (QED) is 0.493. The number of alkyl halides is 1. The van der Waals surface area contributed by atoms with Crippen LogP contribution in [0.1, 0.15) is 32.6 Å². The van der Waals surface area contributed by atoms with E-state index in [9.17, 15) is 0 Å². The Morgan fingerprint density at radius 3 is 2.64 bits per heavy atom. The Bertz CT molecular complexity index is 139. The highest BCUT2D eigenvalue weighted by Gasteiger charge is 2.23. The first kappa shape index (κ1) is 12.5. The van der Waals surface area contributed by atoms with Crippen LogP contribution in [0.15, 0.2) is 0 Å². The Labute approximate surface area is 96.1 Å². The smallest absolute Gasteiger partial charge is 0.0593 e. The molecule has 84 valence electrons. The second-order valence-corrected chi connectivity index (χ2v) is 4.65. The second kappa shape index (κ2) is 7.66. The molecule has 3 heteroatoms. The van der Waals surface area contributed by atoms with Gasteiger partial charge in [-0.2, -0.15) is 0 Å². The van der Waals surface area contributed by atoms with Gasteiger partial charge >= 0.3 is 0 Å². The summed E-state index contributed by atoms with van der Waals surface area (Å²) in [5.41, 5.74) is 0. The first-order chi connectivity index (χ1) is 6.88. The first-order valence-electron chi connectivity index (χ1n) is 5.76. The highest BCUT2D eigenvalue weighted by Crippen LogP contribution is 2.24. The van der Waals surface area contributed by atoms with Crippen molar-refractivity contribution in [2.45, 2.75) is 38.6 Å². The Morgan fingerprint density at radius 1 is 1.36 bits per heavy atom. The van der Waals surface area contributed by atoms with Gasteiger partial charge in [-0.25, -0.2) is 0 Å². The average molecular weight is 264 g/mol. The summed E-state index contributed by atoms with van der Waals surface area (Å²) in [4.78, 5) is 2.60. The largest absolute Gasteiger partial charge is 0.380 e. The SMILES string of the molecule is CCOCCN(CCCBr)C1CCC1. The first-order valence-corrected chi connectivity index (χ1v) is 6.88. The molecular weight excluding hydrogens is 242 g/mol. The Kier molecular flexibility index (Phi) is 6.82. The minimum atomic E-state index is 0.844. The van der Waals surface area contributed by atoms with E-state index in [2.05, 4.69) is 27.8 Å². The maximum Gasteiger partial charge on any atom is 0.0593 e. The van der Waals surface area contributed by atoms with Gasteiger partial charge in [0, 0.05) is 24.5 Å². The fraction of sp³-hybridized carbons (Fsp3) is 1.00. The van der Waals surface area contributed by atoms with Crippen molar-refractivity contribution in [1.82, 2.24) is 4.90 Å². The molecule has 1 fully saturated rings. The molecule has 0 aliphatic heterocycles. The van der Waals surface area contributed by atoms with Crippen LogP contribution in [0.2, 0.25) is 0 Å². The molecule has 0 bridgehead atoms. The molecule has 0 aromatic rings. The van der Waals surface area contributed by atoms with Gasteiger partial charge in [-0.05, 0) is 32.7 Å². The summed E-state index contributed by atoms with van der Waals surface area (Å²) in [6.07, 6.45) is 5.47. The Hall–Kier alpha value is 0.400. The Balaban J connectivity index is 2.14. The van der Waals surface area contributed by atoms with Crippen LogP contribution in [0.25, 0.3) is 0 Å². The molecule has 1 aliphatic rings. The molecule has 1 aliphatic carbocycles. The highest BCUT2D eigenvalue weighted by atomic mass is 79.9. The van der Waals surface area contributed by atoms with Crippen molar-refractivity contribution < 1.29 is 4.74 Å². The minimum absolute atomic E-state index is 0.844. The van der Waals surface area contributed by atoms with Crippen molar-refractivity contribution in [3.8, 4) is 0 Å². The molecule has 0 radical (unpaired) electrons. The van der Waals surface area contributed by atoms with Gasteiger partial charge in [-0.1, -0.05) is 22.4 Å². The summed E-state index contributed by atoms with van der Waals surface area (Å²) in [7, 11) is 0. The third-order valence-corrected chi connectivity index (χ3v) is 3.46. The molecule has 0 atom stereocenters. The number of halogens is 1. The van der Waals surface area contributed by atoms with E-state index in [0.717, 1.165) is 31.1 Å². The van der Waals surface area contributed by atoms with Gasteiger partial charge in [0.2, 0.25) is 0 Å². The van der Waals surface area contributed by atoms with Crippen molar-refractivity contribution in [2.75, 3.05) is 31.6 Å². The van der Waals surface area contributed by atoms with Crippen molar-refractivity contribution >= 4 is 15.9 Å². The maximum atomic E-state index is 5.41. The highest BCUT2D eigenvalue weighted by molar-refractivity contribution is 9.09. The van der Waals surface area contributed by atoms with Crippen LogP contribution in [0.3, 0.4) is 0 Å². The summed E-state index contributed by atoms with van der Waals surface area (Å²) >= 11 is 3.49. The predicted octanol–water partition coefficient (Wildman–Crippen LogP) is 2.66. The summed E-state index contributed by atoms with van der Waals surface area (Å²) in [5, 5.41) is 1.12. The molecule has 1 saturated carbocycles. The molecule has 1 rings (SSSR count). The second-order valence-electron chi connectivity index (χ2n) is 3.86. The minimum Gasteiger partial charge on any atom is -0.380 e. The van der Waals surface area contributed by atoms with Crippen molar-refractivity contribution in [3.63, 3.8) is 0 Å². The number of hydrogen-bond acceptors (Lipinski definition) is 2. The van der Waals surface area contributed by atoms with Crippen LogP contribution in [0, 0.1) is 0 Å². The summed E-state index contributed by atoms with van der Waals surface area (Å²) in [5.74, 6) is 0. The van der Waals surface area contributed by atoms with Gasteiger partial charge in [0.15, 0.2) is 0 Å². The molecule has 0 spiro atoms. The summed E-state index contributed by atoms with van der Waals surface area (Å²) in [6, 6.07) is 0.856. The standard InChI is InChI=1S/C11H22BrNO/c1-2-14-10-9-13(8-4-7-12)11-5-3-6-11/h11H,2-10H2,1H3. The summed E-state index contributed by atoms with van der Waals surface area (Å²) in [6.45, 7) is 6.15. The van der Waals surface area contributed by atoms with E-state index in [1.807, 2.05) is 0 Å².